The van der Waals surface area contributed by atoms with Crippen LogP contribution in [0.2, 0.25) is 0 Å². The van der Waals surface area contributed by atoms with Gasteiger partial charge in [0.15, 0.2) is 5.43 Å². The fraction of sp³-hybridized carbons (Fsp3) is 0.0714. The first-order chi connectivity index (χ1) is 8.58. The molecule has 4 heteroatoms. The lowest BCUT2D eigenvalue weighted by atomic mass is 10.1. The Morgan fingerprint density at radius 1 is 0.889 bits per heavy atom. The molecule has 0 saturated heterocycles. The van der Waals surface area contributed by atoms with Crippen LogP contribution in [0.1, 0.15) is 0 Å². The number of rotatable bonds is 0. The standard InChI is InChI=1S/C14H11NO3/c1-15-12-6-8(16)2-4-10(12)14(18)11-5-3-9(17)7-13(11)15/h2-7,16-17H,1H3. The Morgan fingerprint density at radius 2 is 1.33 bits per heavy atom. The van der Waals surface area contributed by atoms with E-state index in [1.54, 1.807) is 35.9 Å². The minimum atomic E-state index is -0.0990. The van der Waals surface area contributed by atoms with E-state index >= 15 is 0 Å². The fourth-order valence-corrected chi connectivity index (χ4v) is 2.25. The molecular formula is C14H11NO3. The van der Waals surface area contributed by atoms with Gasteiger partial charge in [-0.2, -0.15) is 0 Å². The molecular weight excluding hydrogens is 230 g/mol. The summed E-state index contributed by atoms with van der Waals surface area (Å²) in [5, 5.41) is 20.1. The lowest BCUT2D eigenvalue weighted by molar-refractivity contribution is 0.476. The normalized spacial score (nSPS) is 11.2. The molecule has 3 rings (SSSR count). The van der Waals surface area contributed by atoms with Gasteiger partial charge < -0.3 is 14.8 Å². The average Bonchev–Trinajstić information content (AvgIpc) is 2.35. The Labute approximate surface area is 102 Å². The van der Waals surface area contributed by atoms with Crippen molar-refractivity contribution in [2.75, 3.05) is 0 Å². The van der Waals surface area contributed by atoms with Gasteiger partial charge in [0.2, 0.25) is 0 Å². The van der Waals surface area contributed by atoms with Gasteiger partial charge in [-0.05, 0) is 24.3 Å². The zero-order valence-corrected chi connectivity index (χ0v) is 9.71. The molecule has 0 aliphatic heterocycles. The van der Waals surface area contributed by atoms with Crippen molar-refractivity contribution in [2.45, 2.75) is 0 Å². The third-order valence-electron chi connectivity index (χ3n) is 3.17. The highest BCUT2D eigenvalue weighted by atomic mass is 16.3. The Balaban J connectivity index is 2.65. The lowest BCUT2D eigenvalue weighted by Crippen LogP contribution is -2.08. The summed E-state index contributed by atoms with van der Waals surface area (Å²) < 4.78 is 1.78. The van der Waals surface area contributed by atoms with Crippen molar-refractivity contribution in [1.29, 1.82) is 0 Å². The van der Waals surface area contributed by atoms with E-state index in [-0.39, 0.29) is 16.9 Å². The van der Waals surface area contributed by atoms with Gasteiger partial charge in [-0.3, -0.25) is 4.79 Å². The summed E-state index contributed by atoms with van der Waals surface area (Å²) in [6.45, 7) is 0. The predicted molar refractivity (Wildman–Crippen MR) is 70.0 cm³/mol. The third-order valence-corrected chi connectivity index (χ3v) is 3.17. The zero-order valence-electron chi connectivity index (χ0n) is 9.71. The Morgan fingerprint density at radius 3 is 1.78 bits per heavy atom. The largest absolute Gasteiger partial charge is 0.508 e. The number of aromatic hydroxyl groups is 2. The van der Waals surface area contributed by atoms with Crippen LogP contribution in [0.25, 0.3) is 21.8 Å². The lowest BCUT2D eigenvalue weighted by Gasteiger charge is -2.10. The van der Waals surface area contributed by atoms with Crippen LogP contribution in [-0.2, 0) is 7.05 Å². The smallest absolute Gasteiger partial charge is 0.197 e. The molecule has 18 heavy (non-hydrogen) atoms. The summed E-state index contributed by atoms with van der Waals surface area (Å²) >= 11 is 0. The van der Waals surface area contributed by atoms with Crippen LogP contribution in [0.3, 0.4) is 0 Å². The van der Waals surface area contributed by atoms with E-state index in [1.807, 2.05) is 0 Å². The molecule has 0 bridgehead atoms. The Hall–Kier alpha value is -2.49. The highest BCUT2D eigenvalue weighted by molar-refractivity contribution is 5.94. The average molecular weight is 241 g/mol. The monoisotopic (exact) mass is 241 g/mol. The number of pyridine rings is 1. The molecule has 2 aromatic carbocycles. The second-order valence-electron chi connectivity index (χ2n) is 4.29. The van der Waals surface area contributed by atoms with Crippen LogP contribution in [0.5, 0.6) is 11.5 Å². The van der Waals surface area contributed by atoms with Gasteiger partial charge in [0, 0.05) is 30.0 Å². The SMILES string of the molecule is Cn1c2cc(O)ccc2c(=O)c2ccc(O)cc21. The van der Waals surface area contributed by atoms with Crippen molar-refractivity contribution in [3.8, 4) is 11.5 Å². The van der Waals surface area contributed by atoms with Crippen molar-refractivity contribution < 1.29 is 10.2 Å². The molecule has 0 aliphatic rings. The molecule has 90 valence electrons. The molecule has 0 atom stereocenters. The van der Waals surface area contributed by atoms with E-state index in [1.165, 1.54) is 12.1 Å². The number of phenolic OH excluding ortho intramolecular Hbond substituents is 2. The van der Waals surface area contributed by atoms with Gasteiger partial charge in [0.25, 0.3) is 0 Å². The first-order valence-electron chi connectivity index (χ1n) is 5.52. The van der Waals surface area contributed by atoms with Crippen molar-refractivity contribution >= 4 is 21.8 Å². The van der Waals surface area contributed by atoms with Crippen molar-refractivity contribution in [3.63, 3.8) is 0 Å². The predicted octanol–water partition coefficient (Wildman–Crippen LogP) is 2.10. The van der Waals surface area contributed by atoms with E-state index in [0.29, 0.717) is 21.8 Å². The van der Waals surface area contributed by atoms with Crippen molar-refractivity contribution in [2.24, 2.45) is 7.05 Å². The zero-order chi connectivity index (χ0) is 12.9. The van der Waals surface area contributed by atoms with Gasteiger partial charge in [-0.15, -0.1) is 0 Å². The second kappa shape index (κ2) is 3.50. The summed E-state index contributed by atoms with van der Waals surface area (Å²) in [5.74, 6) is 0.217. The number of aryl methyl sites for hydroxylation is 1. The summed E-state index contributed by atoms with van der Waals surface area (Å²) in [6, 6.07) is 9.30. The van der Waals surface area contributed by atoms with Crippen LogP contribution in [-0.4, -0.2) is 14.8 Å². The van der Waals surface area contributed by atoms with Crippen molar-refractivity contribution in [1.82, 2.24) is 4.57 Å². The molecule has 0 unspecified atom stereocenters. The number of aromatic nitrogens is 1. The number of fused-ring (bicyclic) bond motifs is 2. The Kier molecular flexibility index (Phi) is 2.07. The van der Waals surface area contributed by atoms with Crippen LogP contribution in [0.15, 0.2) is 41.2 Å². The molecule has 3 aromatic rings. The van der Waals surface area contributed by atoms with Gasteiger partial charge in [-0.1, -0.05) is 0 Å². The number of hydrogen-bond donors (Lipinski definition) is 2. The topological polar surface area (TPSA) is 62.5 Å². The summed E-state index contributed by atoms with van der Waals surface area (Å²) in [6.07, 6.45) is 0. The molecule has 0 saturated carbocycles. The third kappa shape index (κ3) is 1.35. The number of phenols is 2. The molecule has 0 amide bonds. The van der Waals surface area contributed by atoms with E-state index in [0.717, 1.165) is 0 Å². The van der Waals surface area contributed by atoms with E-state index in [9.17, 15) is 15.0 Å². The molecule has 0 aliphatic carbocycles. The quantitative estimate of drug-likeness (QED) is 0.592. The van der Waals surface area contributed by atoms with E-state index < -0.39 is 0 Å². The van der Waals surface area contributed by atoms with Crippen LogP contribution in [0, 0.1) is 0 Å². The molecule has 1 heterocycles. The minimum absolute atomic E-state index is 0.0990. The molecule has 0 fully saturated rings. The summed E-state index contributed by atoms with van der Waals surface area (Å²) in [4.78, 5) is 12.3. The van der Waals surface area contributed by atoms with E-state index in [4.69, 9.17) is 0 Å². The van der Waals surface area contributed by atoms with Crippen LogP contribution >= 0.6 is 0 Å². The number of hydrogen-bond acceptors (Lipinski definition) is 3. The molecule has 0 spiro atoms. The first-order valence-corrected chi connectivity index (χ1v) is 5.52. The number of nitrogens with zero attached hydrogens (tertiary/aromatic N) is 1. The first kappa shape index (κ1) is 10.7. The maximum Gasteiger partial charge on any atom is 0.197 e. The molecule has 2 N–H and O–H groups in total. The molecule has 4 nitrogen and oxygen atoms in total. The van der Waals surface area contributed by atoms with Gasteiger partial charge >= 0.3 is 0 Å². The summed E-state index contributed by atoms with van der Waals surface area (Å²) in [7, 11) is 1.79. The van der Waals surface area contributed by atoms with E-state index in [2.05, 4.69) is 0 Å². The van der Waals surface area contributed by atoms with Crippen molar-refractivity contribution in [3.05, 3.63) is 46.6 Å². The maximum atomic E-state index is 12.3. The number of benzene rings is 2. The molecule has 0 radical (unpaired) electrons. The maximum absolute atomic E-state index is 12.3. The van der Waals surface area contributed by atoms with Gasteiger partial charge in [-0.25, -0.2) is 0 Å². The van der Waals surface area contributed by atoms with Gasteiger partial charge in [0.05, 0.1) is 11.0 Å². The second-order valence-corrected chi connectivity index (χ2v) is 4.29. The fourth-order valence-electron chi connectivity index (χ4n) is 2.25. The Bertz CT molecular complexity index is 768. The highest BCUT2D eigenvalue weighted by Crippen LogP contribution is 2.23. The molecule has 1 aromatic heterocycles. The highest BCUT2D eigenvalue weighted by Gasteiger charge is 2.09. The van der Waals surface area contributed by atoms with Crippen LogP contribution in [0.4, 0.5) is 0 Å². The minimum Gasteiger partial charge on any atom is -0.508 e. The van der Waals surface area contributed by atoms with Gasteiger partial charge in [0.1, 0.15) is 11.5 Å². The summed E-state index contributed by atoms with van der Waals surface area (Å²) in [5.41, 5.74) is 1.18. The van der Waals surface area contributed by atoms with Crippen LogP contribution < -0.4 is 5.43 Å².